The molecule has 1 unspecified atom stereocenters. The summed E-state index contributed by atoms with van der Waals surface area (Å²) >= 11 is 0. The Hall–Kier alpha value is -1.53. The zero-order chi connectivity index (χ0) is 23.8. The van der Waals surface area contributed by atoms with Crippen LogP contribution in [0.15, 0.2) is 18.2 Å². The molecule has 0 fully saturated rings. The van der Waals surface area contributed by atoms with Crippen molar-refractivity contribution in [2.45, 2.75) is 91.3 Å². The van der Waals surface area contributed by atoms with Crippen molar-refractivity contribution in [3.05, 3.63) is 23.8 Å². The Bertz CT molecular complexity index is 698. The number of aliphatic carboxylic acids is 1. The van der Waals surface area contributed by atoms with Gasteiger partial charge < -0.3 is 20.2 Å². The lowest BCUT2D eigenvalue weighted by Gasteiger charge is -2.36. The Morgan fingerprint density at radius 1 is 1.16 bits per heavy atom. The highest BCUT2D eigenvalue weighted by molar-refractivity contribution is 6.74. The number of hydrogen-bond acceptors (Lipinski definition) is 4. The van der Waals surface area contributed by atoms with Crippen LogP contribution in [0.4, 0.5) is 11.4 Å². The Morgan fingerprint density at radius 2 is 1.81 bits per heavy atom. The van der Waals surface area contributed by atoms with E-state index in [1.807, 2.05) is 19.1 Å². The lowest BCUT2D eigenvalue weighted by atomic mass is 9.96. The van der Waals surface area contributed by atoms with E-state index in [2.05, 4.69) is 58.7 Å². The number of nitrogens with zero attached hydrogens (tertiary/aromatic N) is 1. The molecule has 5 nitrogen and oxygen atoms in total. The maximum absolute atomic E-state index is 11.0. The molecule has 0 saturated carbocycles. The van der Waals surface area contributed by atoms with Crippen LogP contribution in [-0.2, 0) is 9.22 Å². The van der Waals surface area contributed by atoms with E-state index in [9.17, 15) is 4.79 Å². The van der Waals surface area contributed by atoms with Gasteiger partial charge in [0.15, 0.2) is 8.32 Å². The minimum absolute atomic E-state index is 0.0479. The van der Waals surface area contributed by atoms with Gasteiger partial charge in [0, 0.05) is 19.7 Å². The minimum Gasteiger partial charge on any atom is -0.481 e. The second-order valence-corrected chi connectivity index (χ2v) is 15.6. The van der Waals surface area contributed by atoms with Crippen LogP contribution in [0, 0.1) is 5.92 Å². The van der Waals surface area contributed by atoms with Crippen molar-refractivity contribution in [1.29, 1.82) is 0 Å². The topological polar surface area (TPSA) is 75.8 Å². The van der Waals surface area contributed by atoms with E-state index in [-0.39, 0.29) is 17.4 Å². The number of benzene rings is 1. The standard InChI is InChI=1S/C25H46N2O3Si/c1-19(2)18-27(14-10-9-11-15-30-31(7,8)25(4,5)6)23-13-12-21(17-22(23)26)20(3)16-24(28)29/h12-13,17,19-20H,9-11,14-16,18,26H2,1-8H3,(H,28,29). The van der Waals surface area contributed by atoms with Gasteiger partial charge in [-0.05, 0) is 66.9 Å². The zero-order valence-corrected chi connectivity index (χ0v) is 22.1. The first-order valence-corrected chi connectivity index (χ1v) is 14.7. The van der Waals surface area contributed by atoms with E-state index in [0.29, 0.717) is 5.92 Å². The summed E-state index contributed by atoms with van der Waals surface area (Å²) in [6.45, 7) is 20.6. The summed E-state index contributed by atoms with van der Waals surface area (Å²) in [6.07, 6.45) is 3.44. The summed E-state index contributed by atoms with van der Waals surface area (Å²) in [7, 11) is -1.66. The highest BCUT2D eigenvalue weighted by Gasteiger charge is 2.36. The molecule has 0 aliphatic heterocycles. The Labute approximate surface area is 191 Å². The molecule has 6 heteroatoms. The molecule has 3 N–H and O–H groups in total. The van der Waals surface area contributed by atoms with Gasteiger partial charge >= 0.3 is 5.97 Å². The smallest absolute Gasteiger partial charge is 0.303 e. The second-order valence-electron chi connectivity index (χ2n) is 10.8. The minimum atomic E-state index is -1.66. The second kappa shape index (κ2) is 11.9. The fourth-order valence-electron chi connectivity index (χ4n) is 3.42. The molecule has 0 heterocycles. The average molecular weight is 451 g/mol. The van der Waals surface area contributed by atoms with Crippen LogP contribution in [0.2, 0.25) is 18.1 Å². The van der Waals surface area contributed by atoms with Gasteiger partial charge in [-0.25, -0.2) is 0 Å². The van der Waals surface area contributed by atoms with Gasteiger partial charge in [-0.2, -0.15) is 0 Å². The number of carboxylic acid groups (broad SMARTS) is 1. The summed E-state index contributed by atoms with van der Waals surface area (Å²) in [6, 6.07) is 6.04. The number of unbranched alkanes of at least 4 members (excludes halogenated alkanes) is 2. The van der Waals surface area contributed by atoms with Crippen molar-refractivity contribution < 1.29 is 14.3 Å². The number of carbonyl (C=O) groups is 1. The number of anilines is 2. The monoisotopic (exact) mass is 450 g/mol. The first kappa shape index (κ1) is 27.5. The molecule has 31 heavy (non-hydrogen) atoms. The third-order valence-electron chi connectivity index (χ3n) is 6.37. The van der Waals surface area contributed by atoms with Crippen molar-refractivity contribution in [3.8, 4) is 0 Å². The van der Waals surface area contributed by atoms with E-state index in [1.54, 1.807) is 0 Å². The summed E-state index contributed by atoms with van der Waals surface area (Å²) in [4.78, 5) is 13.4. The van der Waals surface area contributed by atoms with Gasteiger partial charge in [0.25, 0.3) is 0 Å². The van der Waals surface area contributed by atoms with Crippen molar-refractivity contribution in [2.75, 3.05) is 30.3 Å². The van der Waals surface area contributed by atoms with Crippen LogP contribution in [0.3, 0.4) is 0 Å². The SMILES string of the molecule is CC(C)CN(CCCCCO[Si](C)(C)C(C)(C)C)c1ccc(C(C)CC(=O)O)cc1N. The van der Waals surface area contributed by atoms with E-state index in [4.69, 9.17) is 15.3 Å². The number of nitrogen functional groups attached to an aromatic ring is 1. The molecule has 0 aromatic heterocycles. The van der Waals surface area contributed by atoms with Crippen molar-refractivity contribution in [2.24, 2.45) is 5.92 Å². The van der Waals surface area contributed by atoms with Crippen LogP contribution in [0.5, 0.6) is 0 Å². The van der Waals surface area contributed by atoms with Gasteiger partial charge in [0.2, 0.25) is 0 Å². The lowest BCUT2D eigenvalue weighted by Crippen LogP contribution is -2.40. The van der Waals surface area contributed by atoms with Gasteiger partial charge in [0.05, 0.1) is 17.8 Å². The zero-order valence-electron chi connectivity index (χ0n) is 21.1. The van der Waals surface area contributed by atoms with Crippen LogP contribution in [0.25, 0.3) is 0 Å². The molecule has 0 aliphatic carbocycles. The number of carboxylic acids is 1. The van der Waals surface area contributed by atoms with Gasteiger partial charge in [0.1, 0.15) is 0 Å². The molecule has 0 spiro atoms. The average Bonchev–Trinajstić information content (AvgIpc) is 2.61. The molecule has 1 atom stereocenters. The quantitative estimate of drug-likeness (QED) is 0.204. The van der Waals surface area contributed by atoms with Crippen molar-refractivity contribution in [3.63, 3.8) is 0 Å². The molecule has 1 aromatic rings. The maximum atomic E-state index is 11.0. The van der Waals surface area contributed by atoms with E-state index < -0.39 is 14.3 Å². The highest BCUT2D eigenvalue weighted by atomic mass is 28.4. The van der Waals surface area contributed by atoms with E-state index in [0.717, 1.165) is 55.9 Å². The van der Waals surface area contributed by atoms with Crippen LogP contribution < -0.4 is 10.6 Å². The fraction of sp³-hybridized carbons (Fsp3) is 0.720. The molecule has 0 radical (unpaired) electrons. The first-order valence-electron chi connectivity index (χ1n) is 11.7. The van der Waals surface area contributed by atoms with Gasteiger partial charge in [-0.1, -0.05) is 47.6 Å². The maximum Gasteiger partial charge on any atom is 0.303 e. The lowest BCUT2D eigenvalue weighted by molar-refractivity contribution is -0.137. The van der Waals surface area contributed by atoms with Crippen LogP contribution in [-0.4, -0.2) is 39.1 Å². The number of rotatable bonds is 13. The Balaban J connectivity index is 2.66. The molecule has 1 rings (SSSR count). The summed E-state index contributed by atoms with van der Waals surface area (Å²) in [5.41, 5.74) is 9.17. The molecule has 178 valence electrons. The van der Waals surface area contributed by atoms with E-state index in [1.165, 1.54) is 0 Å². The predicted octanol–water partition coefficient (Wildman–Crippen LogP) is 6.50. The summed E-state index contributed by atoms with van der Waals surface area (Å²) in [5.74, 6) is -0.297. The highest BCUT2D eigenvalue weighted by Crippen LogP contribution is 2.36. The van der Waals surface area contributed by atoms with Gasteiger partial charge in [-0.3, -0.25) is 4.79 Å². The molecular weight excluding hydrogens is 404 g/mol. The molecule has 0 aliphatic rings. The Morgan fingerprint density at radius 3 is 2.32 bits per heavy atom. The molecule has 0 amide bonds. The van der Waals surface area contributed by atoms with Crippen LogP contribution in [0.1, 0.15) is 78.7 Å². The van der Waals surface area contributed by atoms with Crippen molar-refractivity contribution in [1.82, 2.24) is 0 Å². The largest absolute Gasteiger partial charge is 0.481 e. The third kappa shape index (κ3) is 9.24. The first-order chi connectivity index (χ1) is 14.2. The van der Waals surface area contributed by atoms with Crippen molar-refractivity contribution >= 4 is 25.7 Å². The molecule has 1 aromatic carbocycles. The normalized spacial score (nSPS) is 13.5. The summed E-state index contributed by atoms with van der Waals surface area (Å²) in [5, 5.41) is 9.31. The van der Waals surface area contributed by atoms with Crippen LogP contribution >= 0.6 is 0 Å². The number of nitrogens with two attached hydrogens (primary N) is 1. The predicted molar refractivity (Wildman–Crippen MR) is 136 cm³/mol. The fourth-order valence-corrected chi connectivity index (χ4v) is 4.51. The number of hydrogen-bond donors (Lipinski definition) is 2. The molecule has 0 saturated heterocycles. The molecular formula is C25H46N2O3Si. The molecule has 0 bridgehead atoms. The van der Waals surface area contributed by atoms with Gasteiger partial charge in [-0.15, -0.1) is 0 Å². The third-order valence-corrected chi connectivity index (χ3v) is 10.9. The van der Waals surface area contributed by atoms with E-state index >= 15 is 0 Å². The Kier molecular flexibility index (Phi) is 10.6. The summed E-state index contributed by atoms with van der Waals surface area (Å²) < 4.78 is 6.30.